The molecule has 5 heteroatoms. The fourth-order valence-electron chi connectivity index (χ4n) is 7.68. The van der Waals surface area contributed by atoms with E-state index in [0.717, 1.165) is 35.0 Å². The predicted octanol–water partition coefficient (Wildman–Crippen LogP) is 10.3. The van der Waals surface area contributed by atoms with Crippen LogP contribution < -0.4 is 10.1 Å². The standard InChI is InChI=1S/C43H31N3OS/c1-3-13-27(14-4-1)41-44-42(28-15-5-2-6-16-28)46-43(45-41)36-23-11-22-35-34-21-10-20-33(39(34)48-40(35)36)31-19-9-18-30-32-25-24-26-12-7-8-17-29(26)37(32)47-38(30)31/h1-15,17-25,28,31,38,41H,16H2,(H,44,45,46). The number of hydrogen-bond acceptors (Lipinski definition) is 5. The second kappa shape index (κ2) is 11.0. The first kappa shape index (κ1) is 27.6. The Balaban J connectivity index is 1.08. The predicted molar refractivity (Wildman–Crippen MR) is 200 cm³/mol. The molecule has 2 aliphatic carbocycles. The van der Waals surface area contributed by atoms with Crippen molar-refractivity contribution < 1.29 is 4.74 Å². The molecule has 0 saturated heterocycles. The first-order chi connectivity index (χ1) is 23.8. The topological polar surface area (TPSA) is 46.0 Å². The van der Waals surface area contributed by atoms with Gasteiger partial charge in [0.05, 0.1) is 0 Å². The van der Waals surface area contributed by atoms with E-state index in [-0.39, 0.29) is 24.1 Å². The summed E-state index contributed by atoms with van der Waals surface area (Å²) in [6.45, 7) is 0. The molecule has 2 aliphatic heterocycles. The maximum atomic E-state index is 6.89. The average Bonchev–Trinajstić information content (AvgIpc) is 3.75. The van der Waals surface area contributed by atoms with E-state index in [4.69, 9.17) is 14.7 Å². The maximum absolute atomic E-state index is 6.89. The smallest absolute Gasteiger partial charge is 0.169 e. The van der Waals surface area contributed by atoms with Gasteiger partial charge >= 0.3 is 0 Å². The van der Waals surface area contributed by atoms with Gasteiger partial charge in [0.1, 0.15) is 23.5 Å². The van der Waals surface area contributed by atoms with Gasteiger partial charge < -0.3 is 10.1 Å². The molecular formula is C43H31N3OS. The lowest BCUT2D eigenvalue weighted by atomic mass is 9.83. The van der Waals surface area contributed by atoms with E-state index in [9.17, 15) is 0 Å². The summed E-state index contributed by atoms with van der Waals surface area (Å²) in [5.74, 6) is 3.12. The first-order valence-corrected chi connectivity index (χ1v) is 17.4. The fraction of sp³-hybridized carbons (Fsp3) is 0.116. The van der Waals surface area contributed by atoms with Gasteiger partial charge in [-0.15, -0.1) is 11.3 Å². The van der Waals surface area contributed by atoms with Crippen LogP contribution in [-0.2, 0) is 0 Å². The Bertz CT molecular complexity index is 2460. The number of allylic oxidation sites excluding steroid dienone is 5. The molecule has 4 unspecified atom stereocenters. The third kappa shape index (κ3) is 4.35. The Kier molecular flexibility index (Phi) is 6.34. The number of thiophene rings is 1. The van der Waals surface area contributed by atoms with Crippen LogP contribution in [0.5, 0.6) is 5.75 Å². The summed E-state index contributed by atoms with van der Waals surface area (Å²) >= 11 is 1.86. The largest absolute Gasteiger partial charge is 0.483 e. The Morgan fingerprint density at radius 2 is 1.52 bits per heavy atom. The summed E-state index contributed by atoms with van der Waals surface area (Å²) in [5.41, 5.74) is 5.96. The Morgan fingerprint density at radius 1 is 0.688 bits per heavy atom. The molecule has 0 bridgehead atoms. The first-order valence-electron chi connectivity index (χ1n) is 16.6. The highest BCUT2D eigenvalue weighted by Gasteiger charge is 2.38. The highest BCUT2D eigenvalue weighted by molar-refractivity contribution is 7.26. The van der Waals surface area contributed by atoms with E-state index in [2.05, 4.69) is 145 Å². The number of fused-ring (bicyclic) bond motifs is 8. The van der Waals surface area contributed by atoms with Gasteiger partial charge in [0.2, 0.25) is 0 Å². The summed E-state index contributed by atoms with van der Waals surface area (Å²) in [5, 5.41) is 8.58. The van der Waals surface area contributed by atoms with Gasteiger partial charge in [-0.25, -0.2) is 9.98 Å². The van der Waals surface area contributed by atoms with Crippen LogP contribution in [-0.4, -0.2) is 17.8 Å². The van der Waals surface area contributed by atoms with Gasteiger partial charge in [-0.2, -0.15) is 0 Å². The van der Waals surface area contributed by atoms with Crippen molar-refractivity contribution in [3.8, 4) is 5.75 Å². The second-order valence-corrected chi connectivity index (χ2v) is 13.8. The quantitative estimate of drug-likeness (QED) is 0.209. The molecule has 6 aromatic rings. The molecule has 1 N–H and O–H groups in total. The number of benzene rings is 5. The van der Waals surface area contributed by atoms with Gasteiger partial charge in [0, 0.05) is 54.1 Å². The number of nitrogens with one attached hydrogen (secondary N) is 1. The SMILES string of the molecule is C1=CCC(C2=NC(c3ccccc3)N=C(c3cccc4c3sc3c(C5C=CC=C6c7ccc8ccccc8c7OC65)cccc34)N2)C=C1. The molecule has 0 spiro atoms. The lowest BCUT2D eigenvalue weighted by Gasteiger charge is -2.26. The van der Waals surface area contributed by atoms with Crippen molar-refractivity contribution in [2.24, 2.45) is 15.9 Å². The minimum atomic E-state index is -0.299. The van der Waals surface area contributed by atoms with E-state index in [0.29, 0.717) is 0 Å². The van der Waals surface area contributed by atoms with Crippen molar-refractivity contribution in [1.82, 2.24) is 5.32 Å². The molecule has 1 aromatic heterocycles. The molecule has 0 saturated carbocycles. The zero-order valence-corrected chi connectivity index (χ0v) is 26.9. The lowest BCUT2D eigenvalue weighted by molar-refractivity contribution is 0.262. The lowest BCUT2D eigenvalue weighted by Crippen LogP contribution is -2.39. The van der Waals surface area contributed by atoms with Gasteiger partial charge in [0.15, 0.2) is 6.17 Å². The normalized spacial score (nSPS) is 22.5. The molecule has 10 rings (SSSR count). The number of rotatable bonds is 4. The van der Waals surface area contributed by atoms with E-state index in [1.54, 1.807) is 0 Å². The Hall–Kier alpha value is -5.52. The summed E-state index contributed by atoms with van der Waals surface area (Å²) in [6, 6.07) is 36.7. The minimum Gasteiger partial charge on any atom is -0.483 e. The second-order valence-electron chi connectivity index (χ2n) is 12.8. The van der Waals surface area contributed by atoms with Crippen molar-refractivity contribution >= 4 is 59.5 Å². The van der Waals surface area contributed by atoms with Gasteiger partial charge in [-0.1, -0.05) is 140 Å². The van der Waals surface area contributed by atoms with Crippen molar-refractivity contribution in [3.05, 3.63) is 168 Å². The van der Waals surface area contributed by atoms with E-state index >= 15 is 0 Å². The molecule has 4 aliphatic rings. The molecule has 0 fully saturated rings. The number of aliphatic imine (C=N–C) groups is 2. The van der Waals surface area contributed by atoms with Crippen LogP contribution in [0, 0.1) is 5.92 Å². The fourth-order valence-corrected chi connectivity index (χ4v) is 9.06. The van der Waals surface area contributed by atoms with Crippen molar-refractivity contribution in [2.75, 3.05) is 0 Å². The molecular weight excluding hydrogens is 607 g/mol. The van der Waals surface area contributed by atoms with Crippen LogP contribution in [0.1, 0.15) is 40.8 Å². The number of amidine groups is 2. The summed E-state index contributed by atoms with van der Waals surface area (Å²) in [7, 11) is 0. The van der Waals surface area contributed by atoms with Gasteiger partial charge in [-0.05, 0) is 29.0 Å². The zero-order valence-electron chi connectivity index (χ0n) is 26.1. The van der Waals surface area contributed by atoms with Gasteiger partial charge in [-0.3, -0.25) is 0 Å². The molecule has 3 heterocycles. The monoisotopic (exact) mass is 637 g/mol. The number of ether oxygens (including phenoxy) is 1. The molecule has 230 valence electrons. The third-order valence-corrected chi connectivity index (χ3v) is 11.3. The average molecular weight is 638 g/mol. The number of hydrogen-bond donors (Lipinski definition) is 1. The van der Waals surface area contributed by atoms with Gasteiger partial charge in [0.25, 0.3) is 0 Å². The van der Waals surface area contributed by atoms with Crippen LogP contribution in [0.25, 0.3) is 36.5 Å². The Morgan fingerprint density at radius 3 is 2.42 bits per heavy atom. The minimum absolute atomic E-state index is 0.0709. The van der Waals surface area contributed by atoms with E-state index < -0.39 is 0 Å². The molecule has 5 aromatic carbocycles. The summed E-state index contributed by atoms with van der Waals surface area (Å²) < 4.78 is 9.42. The highest BCUT2D eigenvalue weighted by Crippen LogP contribution is 2.50. The van der Waals surface area contributed by atoms with Crippen LogP contribution in [0.2, 0.25) is 0 Å². The zero-order chi connectivity index (χ0) is 31.6. The van der Waals surface area contributed by atoms with Crippen molar-refractivity contribution in [2.45, 2.75) is 24.6 Å². The van der Waals surface area contributed by atoms with Crippen LogP contribution >= 0.6 is 11.3 Å². The third-order valence-electron chi connectivity index (χ3n) is 10.0. The van der Waals surface area contributed by atoms with Crippen molar-refractivity contribution in [1.29, 1.82) is 0 Å². The van der Waals surface area contributed by atoms with E-state index in [1.807, 2.05) is 17.4 Å². The molecule has 48 heavy (non-hydrogen) atoms. The summed E-state index contributed by atoms with van der Waals surface area (Å²) in [6.07, 6.45) is 16.0. The number of nitrogens with zero attached hydrogens (tertiary/aromatic N) is 2. The molecule has 0 amide bonds. The van der Waals surface area contributed by atoms with Crippen LogP contribution in [0.15, 0.2) is 156 Å². The highest BCUT2D eigenvalue weighted by atomic mass is 32.1. The maximum Gasteiger partial charge on any atom is 0.169 e. The Labute approximate surface area is 282 Å². The van der Waals surface area contributed by atoms with E-state index in [1.165, 1.54) is 47.6 Å². The summed E-state index contributed by atoms with van der Waals surface area (Å²) in [4.78, 5) is 10.4. The molecule has 0 radical (unpaired) electrons. The molecule has 4 atom stereocenters. The van der Waals surface area contributed by atoms with Crippen LogP contribution in [0.4, 0.5) is 0 Å². The van der Waals surface area contributed by atoms with Crippen molar-refractivity contribution in [3.63, 3.8) is 0 Å². The van der Waals surface area contributed by atoms with Crippen LogP contribution in [0.3, 0.4) is 0 Å². The molecule has 4 nitrogen and oxygen atoms in total.